The zero-order valence-corrected chi connectivity index (χ0v) is 22.3. The summed E-state index contributed by atoms with van der Waals surface area (Å²) in [5, 5.41) is 31.8. The van der Waals surface area contributed by atoms with E-state index in [0.29, 0.717) is 11.8 Å². The van der Waals surface area contributed by atoms with Crippen molar-refractivity contribution in [3.05, 3.63) is 35.5 Å². The number of aliphatic hydroxyl groups excluding tert-OH is 2. The predicted molar refractivity (Wildman–Crippen MR) is 136 cm³/mol. The largest absolute Gasteiger partial charge is 0.393 e. The van der Waals surface area contributed by atoms with Gasteiger partial charge in [0.25, 0.3) is 0 Å². The molecule has 0 saturated heterocycles. The van der Waals surface area contributed by atoms with Crippen LogP contribution in [-0.4, -0.2) is 33.1 Å². The summed E-state index contributed by atoms with van der Waals surface area (Å²) in [4.78, 5) is 0. The van der Waals surface area contributed by atoms with Crippen LogP contribution in [0.15, 0.2) is 35.5 Å². The van der Waals surface area contributed by atoms with Gasteiger partial charge in [-0.05, 0) is 103 Å². The summed E-state index contributed by atoms with van der Waals surface area (Å²) in [6.45, 7) is 17.6. The Labute approximate surface area is 202 Å². The molecule has 0 aromatic rings. The maximum atomic E-state index is 11.0. The molecule has 186 valence electrons. The Morgan fingerprint density at radius 3 is 2.33 bits per heavy atom. The van der Waals surface area contributed by atoms with E-state index in [9.17, 15) is 15.3 Å². The van der Waals surface area contributed by atoms with Gasteiger partial charge < -0.3 is 15.3 Å². The van der Waals surface area contributed by atoms with E-state index in [1.165, 1.54) is 0 Å². The molecule has 0 aromatic carbocycles. The lowest BCUT2D eigenvalue weighted by Crippen LogP contribution is -2.54. The minimum Gasteiger partial charge on any atom is -0.393 e. The molecule has 8 atom stereocenters. The van der Waals surface area contributed by atoms with E-state index in [0.717, 1.165) is 38.5 Å². The van der Waals surface area contributed by atoms with Crippen LogP contribution >= 0.6 is 0 Å². The fourth-order valence-corrected chi connectivity index (χ4v) is 8.62. The standard InChI is InChI=1S/C30H48O3/c1-19(23(31)13-15-26(2,3)33)20-11-17-30(8)22-9-10-24-27(4,5)25(32)14-16-28(24,6)21(22)12-18-29(20,30)7/h9,12-13,15,19-20,23-25,31-33H,10-11,14,16-18H2,1-8H3/b15-13+/t19?,20-,23+,24?,25+,28-,29-,30+/m1/s1. The zero-order valence-electron chi connectivity index (χ0n) is 22.3. The van der Waals surface area contributed by atoms with Crippen LogP contribution in [0.25, 0.3) is 0 Å². The van der Waals surface area contributed by atoms with Gasteiger partial charge in [0.15, 0.2) is 0 Å². The van der Waals surface area contributed by atoms with E-state index < -0.39 is 11.7 Å². The average molecular weight is 457 g/mol. The summed E-state index contributed by atoms with van der Waals surface area (Å²) in [6.07, 6.45) is 14.2. The molecule has 0 bridgehead atoms. The van der Waals surface area contributed by atoms with Gasteiger partial charge in [-0.15, -0.1) is 0 Å². The lowest BCUT2D eigenvalue weighted by molar-refractivity contribution is -0.0853. The molecule has 0 spiro atoms. The summed E-state index contributed by atoms with van der Waals surface area (Å²) in [7, 11) is 0. The zero-order chi connectivity index (χ0) is 24.6. The highest BCUT2D eigenvalue weighted by Gasteiger charge is 2.63. The van der Waals surface area contributed by atoms with Gasteiger partial charge in [-0.25, -0.2) is 0 Å². The van der Waals surface area contributed by atoms with E-state index in [1.54, 1.807) is 37.1 Å². The van der Waals surface area contributed by atoms with E-state index in [-0.39, 0.29) is 33.7 Å². The van der Waals surface area contributed by atoms with Gasteiger partial charge in [-0.2, -0.15) is 0 Å². The summed E-state index contributed by atoms with van der Waals surface area (Å²) < 4.78 is 0. The van der Waals surface area contributed by atoms with E-state index in [2.05, 4.69) is 53.7 Å². The third-order valence-corrected chi connectivity index (χ3v) is 11.2. The molecule has 4 aliphatic carbocycles. The Balaban J connectivity index is 1.67. The molecule has 3 nitrogen and oxygen atoms in total. The summed E-state index contributed by atoms with van der Waals surface area (Å²) in [5.41, 5.74) is 2.52. The molecule has 2 saturated carbocycles. The first kappa shape index (κ1) is 25.2. The fraction of sp³-hybridized carbons (Fsp3) is 0.800. The second-order valence-electron chi connectivity index (χ2n) is 13.8. The van der Waals surface area contributed by atoms with Crippen molar-refractivity contribution in [3.8, 4) is 0 Å². The van der Waals surface area contributed by atoms with Gasteiger partial charge >= 0.3 is 0 Å². The minimum absolute atomic E-state index is 0.0683. The van der Waals surface area contributed by atoms with E-state index in [4.69, 9.17) is 0 Å². The van der Waals surface area contributed by atoms with Gasteiger partial charge in [0.2, 0.25) is 0 Å². The molecule has 2 fully saturated rings. The highest BCUT2D eigenvalue weighted by Crippen LogP contribution is 2.71. The smallest absolute Gasteiger partial charge is 0.0772 e. The third-order valence-electron chi connectivity index (χ3n) is 11.2. The Morgan fingerprint density at radius 2 is 1.70 bits per heavy atom. The molecule has 0 heterocycles. The summed E-state index contributed by atoms with van der Waals surface area (Å²) >= 11 is 0. The van der Waals surface area contributed by atoms with Gasteiger partial charge in [-0.3, -0.25) is 0 Å². The maximum Gasteiger partial charge on any atom is 0.0772 e. The molecule has 3 N–H and O–H groups in total. The van der Waals surface area contributed by atoms with Crippen molar-refractivity contribution in [1.82, 2.24) is 0 Å². The Morgan fingerprint density at radius 1 is 1.03 bits per heavy atom. The fourth-order valence-electron chi connectivity index (χ4n) is 8.62. The van der Waals surface area contributed by atoms with Crippen molar-refractivity contribution < 1.29 is 15.3 Å². The molecule has 0 aromatic heterocycles. The molecule has 33 heavy (non-hydrogen) atoms. The summed E-state index contributed by atoms with van der Waals surface area (Å²) in [5.74, 6) is 1.04. The Hall–Kier alpha value is -0.900. The van der Waals surface area contributed by atoms with Crippen LogP contribution in [-0.2, 0) is 0 Å². The Kier molecular flexibility index (Phi) is 5.96. The van der Waals surface area contributed by atoms with Crippen molar-refractivity contribution >= 4 is 0 Å². The first-order valence-corrected chi connectivity index (χ1v) is 13.3. The number of hydrogen-bond donors (Lipinski definition) is 3. The van der Waals surface area contributed by atoms with Gasteiger partial charge in [0.05, 0.1) is 17.8 Å². The molecule has 0 radical (unpaired) electrons. The monoisotopic (exact) mass is 456 g/mol. The van der Waals surface area contributed by atoms with E-state index in [1.807, 2.05) is 0 Å². The van der Waals surface area contributed by atoms with Crippen molar-refractivity contribution in [2.24, 2.45) is 39.4 Å². The van der Waals surface area contributed by atoms with Crippen LogP contribution in [0.1, 0.15) is 93.9 Å². The highest BCUT2D eigenvalue weighted by molar-refractivity contribution is 5.49. The van der Waals surface area contributed by atoms with Gasteiger partial charge in [-0.1, -0.05) is 65.8 Å². The van der Waals surface area contributed by atoms with Crippen molar-refractivity contribution in [3.63, 3.8) is 0 Å². The first-order valence-electron chi connectivity index (χ1n) is 13.3. The molecule has 0 amide bonds. The third kappa shape index (κ3) is 3.64. The van der Waals surface area contributed by atoms with Gasteiger partial charge in [0, 0.05) is 0 Å². The quantitative estimate of drug-likeness (QED) is 0.442. The van der Waals surface area contributed by atoms with Gasteiger partial charge in [0.1, 0.15) is 0 Å². The highest BCUT2D eigenvalue weighted by atomic mass is 16.3. The number of hydrogen-bond acceptors (Lipinski definition) is 3. The number of fused-ring (bicyclic) bond motifs is 5. The normalized spacial score (nSPS) is 44.4. The van der Waals surface area contributed by atoms with E-state index >= 15 is 0 Å². The van der Waals surface area contributed by atoms with Crippen LogP contribution in [0.2, 0.25) is 0 Å². The lowest BCUT2D eigenvalue weighted by atomic mass is 9.44. The van der Waals surface area contributed by atoms with Crippen LogP contribution in [0.4, 0.5) is 0 Å². The first-order chi connectivity index (χ1) is 15.1. The minimum atomic E-state index is -0.905. The molecule has 0 aliphatic heterocycles. The molecular formula is C30H48O3. The van der Waals surface area contributed by atoms with Crippen molar-refractivity contribution in [2.75, 3.05) is 0 Å². The topological polar surface area (TPSA) is 60.7 Å². The molecule has 2 unspecified atom stereocenters. The average Bonchev–Trinajstić information content (AvgIpc) is 3.00. The summed E-state index contributed by atoms with van der Waals surface area (Å²) in [6, 6.07) is 0. The Bertz CT molecular complexity index is 873. The number of rotatable bonds is 4. The van der Waals surface area contributed by atoms with Crippen LogP contribution in [0, 0.1) is 39.4 Å². The maximum absolute atomic E-state index is 11.0. The predicted octanol–water partition coefficient (Wildman–Crippen LogP) is 6.20. The van der Waals surface area contributed by atoms with Crippen LogP contribution in [0.5, 0.6) is 0 Å². The molecule has 4 aliphatic rings. The second kappa shape index (κ2) is 7.80. The second-order valence-corrected chi connectivity index (χ2v) is 13.8. The molecule has 4 rings (SSSR count). The van der Waals surface area contributed by atoms with Crippen LogP contribution in [0.3, 0.4) is 0 Å². The number of aliphatic hydroxyl groups is 3. The lowest BCUT2D eigenvalue weighted by Gasteiger charge is -2.61. The number of allylic oxidation sites excluding steroid dienone is 4. The van der Waals surface area contributed by atoms with Crippen molar-refractivity contribution in [2.45, 2.75) is 112 Å². The molecule has 3 heteroatoms. The van der Waals surface area contributed by atoms with Crippen molar-refractivity contribution in [1.29, 1.82) is 0 Å². The SMILES string of the molecule is CC([C@H]1CC[C@@]2(C)C3=CCC4C(C)(C)[C@@H](O)CC[C@]4(C)C3=CC[C@]12C)[C@@H](O)/C=C/C(C)(C)O. The van der Waals surface area contributed by atoms with Crippen LogP contribution < -0.4 is 0 Å². The molecular weight excluding hydrogens is 408 g/mol.